The minimum absolute atomic E-state index is 0.302. The highest BCUT2D eigenvalue weighted by molar-refractivity contribution is 5.24. The molecule has 128 valence electrons. The van der Waals surface area contributed by atoms with Crippen molar-refractivity contribution in [3.8, 4) is 0 Å². The van der Waals surface area contributed by atoms with Crippen LogP contribution in [0, 0.1) is 18.8 Å². The normalized spacial score (nSPS) is 28.7. The van der Waals surface area contributed by atoms with E-state index in [9.17, 15) is 0 Å². The second kappa shape index (κ2) is 7.81. The molecule has 0 bridgehead atoms. The van der Waals surface area contributed by atoms with Gasteiger partial charge in [-0.2, -0.15) is 0 Å². The number of nitrogens with zero attached hydrogens (tertiary/aromatic N) is 1. The molecule has 0 amide bonds. The average Bonchev–Trinajstić information content (AvgIpc) is 2.56. The molecule has 0 spiro atoms. The zero-order valence-electron chi connectivity index (χ0n) is 15.1. The third-order valence-corrected chi connectivity index (χ3v) is 5.90. The summed E-state index contributed by atoms with van der Waals surface area (Å²) in [6, 6.07) is 9.08. The van der Waals surface area contributed by atoms with Crippen LogP contribution in [0.25, 0.3) is 0 Å². The topological polar surface area (TPSA) is 12.5 Å². The average molecular weight is 316 g/mol. The Kier molecular flexibility index (Phi) is 5.76. The Morgan fingerprint density at radius 3 is 2.17 bits per heavy atom. The molecule has 2 fully saturated rings. The van der Waals surface area contributed by atoms with Crippen LogP contribution in [-0.2, 0) is 4.74 Å². The van der Waals surface area contributed by atoms with Crippen LogP contribution < -0.4 is 0 Å². The zero-order valence-corrected chi connectivity index (χ0v) is 15.1. The summed E-state index contributed by atoms with van der Waals surface area (Å²) in [5.41, 5.74) is 2.73. The van der Waals surface area contributed by atoms with E-state index in [1.54, 1.807) is 0 Å². The maximum absolute atomic E-state index is 6.71. The molecule has 1 aromatic carbocycles. The van der Waals surface area contributed by atoms with Crippen LogP contribution >= 0.6 is 0 Å². The van der Waals surface area contributed by atoms with E-state index in [2.05, 4.69) is 50.1 Å². The van der Waals surface area contributed by atoms with E-state index in [1.165, 1.54) is 62.7 Å². The Bertz CT molecular complexity index is 467. The van der Waals surface area contributed by atoms with Crippen molar-refractivity contribution in [1.29, 1.82) is 0 Å². The number of aryl methyl sites for hydroxylation is 1. The number of ether oxygens (including phenoxy) is 1. The molecule has 23 heavy (non-hydrogen) atoms. The Labute approximate surface area is 142 Å². The molecule has 0 N–H and O–H groups in total. The molecule has 2 heteroatoms. The minimum Gasteiger partial charge on any atom is -0.370 e. The molecule has 2 nitrogen and oxygen atoms in total. The van der Waals surface area contributed by atoms with Gasteiger partial charge in [0.25, 0.3) is 0 Å². The molecule has 0 aromatic heterocycles. The summed E-state index contributed by atoms with van der Waals surface area (Å²) < 4.78 is 6.71. The summed E-state index contributed by atoms with van der Waals surface area (Å²) >= 11 is 0. The van der Waals surface area contributed by atoms with Gasteiger partial charge < -0.3 is 9.64 Å². The van der Waals surface area contributed by atoms with Crippen molar-refractivity contribution in [1.82, 2.24) is 4.90 Å². The number of hydrogen-bond donors (Lipinski definition) is 0. The van der Waals surface area contributed by atoms with E-state index in [1.807, 2.05) is 0 Å². The van der Waals surface area contributed by atoms with E-state index in [0.29, 0.717) is 18.1 Å². The van der Waals surface area contributed by atoms with Crippen LogP contribution in [0.1, 0.15) is 62.7 Å². The predicted octanol–water partition coefficient (Wildman–Crippen LogP) is 4.97. The standard InChI is InChI=1S/C21H33NO/c1-16-4-8-18(9-5-16)21(19-10-6-17(2)7-11-19)23-20-12-14-22(3)15-13-20/h4-5,8-9,17,19-21H,6-7,10-15H2,1-3H3. The summed E-state index contributed by atoms with van der Waals surface area (Å²) in [4.78, 5) is 2.42. The van der Waals surface area contributed by atoms with Gasteiger partial charge in [-0.25, -0.2) is 0 Å². The lowest BCUT2D eigenvalue weighted by molar-refractivity contribution is -0.0754. The van der Waals surface area contributed by atoms with Crippen molar-refractivity contribution in [2.75, 3.05) is 20.1 Å². The molecule has 0 radical (unpaired) electrons. The lowest BCUT2D eigenvalue weighted by Crippen LogP contribution is -2.36. The summed E-state index contributed by atoms with van der Waals surface area (Å²) in [5, 5.41) is 0. The van der Waals surface area contributed by atoms with E-state index >= 15 is 0 Å². The Balaban J connectivity index is 1.71. The number of benzene rings is 1. The number of rotatable bonds is 4. The smallest absolute Gasteiger partial charge is 0.0856 e. The highest BCUT2D eigenvalue weighted by atomic mass is 16.5. The maximum atomic E-state index is 6.71. The molecule has 1 saturated carbocycles. The second-order valence-electron chi connectivity index (χ2n) is 7.99. The van der Waals surface area contributed by atoms with Gasteiger partial charge in [0.2, 0.25) is 0 Å². The third kappa shape index (κ3) is 4.58. The van der Waals surface area contributed by atoms with Gasteiger partial charge >= 0.3 is 0 Å². The largest absolute Gasteiger partial charge is 0.370 e. The molecule has 1 aromatic rings. The van der Waals surface area contributed by atoms with Crippen LogP contribution in [0.15, 0.2) is 24.3 Å². The fourth-order valence-corrected chi connectivity index (χ4v) is 4.13. The van der Waals surface area contributed by atoms with E-state index in [0.717, 1.165) is 5.92 Å². The maximum Gasteiger partial charge on any atom is 0.0856 e. The first-order valence-electron chi connectivity index (χ1n) is 9.52. The lowest BCUT2D eigenvalue weighted by Gasteiger charge is -2.37. The summed E-state index contributed by atoms with van der Waals surface area (Å²) in [5.74, 6) is 1.60. The highest BCUT2D eigenvalue weighted by Gasteiger charge is 2.31. The van der Waals surface area contributed by atoms with Gasteiger partial charge in [0.1, 0.15) is 0 Å². The minimum atomic E-state index is 0.302. The molecule has 1 aliphatic heterocycles. The van der Waals surface area contributed by atoms with Crippen molar-refractivity contribution in [2.45, 2.75) is 64.6 Å². The first-order chi connectivity index (χ1) is 11.1. The number of piperidine rings is 1. The number of likely N-dealkylation sites (tertiary alicyclic amines) is 1. The van der Waals surface area contributed by atoms with Gasteiger partial charge in [-0.15, -0.1) is 0 Å². The lowest BCUT2D eigenvalue weighted by atomic mass is 9.78. The zero-order chi connectivity index (χ0) is 16.2. The van der Waals surface area contributed by atoms with Crippen LogP contribution in [0.3, 0.4) is 0 Å². The van der Waals surface area contributed by atoms with Gasteiger partial charge in [-0.05, 0) is 57.1 Å². The van der Waals surface area contributed by atoms with E-state index in [-0.39, 0.29) is 0 Å². The highest BCUT2D eigenvalue weighted by Crippen LogP contribution is 2.40. The van der Waals surface area contributed by atoms with Crippen molar-refractivity contribution in [3.63, 3.8) is 0 Å². The van der Waals surface area contributed by atoms with Crippen LogP contribution in [0.2, 0.25) is 0 Å². The van der Waals surface area contributed by atoms with E-state index in [4.69, 9.17) is 4.74 Å². The first kappa shape index (κ1) is 17.0. The van der Waals surface area contributed by atoms with Gasteiger partial charge in [0.05, 0.1) is 12.2 Å². The molecule has 1 atom stereocenters. The first-order valence-corrected chi connectivity index (χ1v) is 9.52. The Morgan fingerprint density at radius 1 is 0.957 bits per heavy atom. The summed E-state index contributed by atoms with van der Waals surface area (Å²) in [6.07, 6.45) is 8.49. The molecular formula is C21H33NO. The molecule has 3 rings (SSSR count). The monoisotopic (exact) mass is 315 g/mol. The van der Waals surface area contributed by atoms with Gasteiger partial charge in [-0.3, -0.25) is 0 Å². The van der Waals surface area contributed by atoms with Crippen molar-refractivity contribution in [3.05, 3.63) is 35.4 Å². The SMILES string of the molecule is Cc1ccc(C(OC2CCN(C)CC2)C2CCC(C)CC2)cc1. The van der Waals surface area contributed by atoms with E-state index < -0.39 is 0 Å². The summed E-state index contributed by atoms with van der Waals surface area (Å²) in [6.45, 7) is 6.91. The Hall–Kier alpha value is -0.860. The Morgan fingerprint density at radius 2 is 1.57 bits per heavy atom. The number of hydrogen-bond acceptors (Lipinski definition) is 2. The van der Waals surface area contributed by atoms with Crippen LogP contribution in [0.4, 0.5) is 0 Å². The fourth-order valence-electron chi connectivity index (χ4n) is 4.13. The molecule has 1 aliphatic carbocycles. The van der Waals surface area contributed by atoms with Gasteiger partial charge in [0.15, 0.2) is 0 Å². The summed E-state index contributed by atoms with van der Waals surface area (Å²) in [7, 11) is 2.22. The fraction of sp³-hybridized carbons (Fsp3) is 0.714. The molecule has 2 aliphatic rings. The molecule has 1 unspecified atom stereocenters. The molecule has 1 heterocycles. The van der Waals surface area contributed by atoms with Gasteiger partial charge in [-0.1, -0.05) is 49.6 Å². The quantitative estimate of drug-likeness (QED) is 0.777. The van der Waals surface area contributed by atoms with Gasteiger partial charge in [0, 0.05) is 13.1 Å². The van der Waals surface area contributed by atoms with Crippen molar-refractivity contribution in [2.24, 2.45) is 11.8 Å². The molecular weight excluding hydrogens is 282 g/mol. The van der Waals surface area contributed by atoms with Crippen LogP contribution in [-0.4, -0.2) is 31.1 Å². The van der Waals surface area contributed by atoms with Crippen LogP contribution in [0.5, 0.6) is 0 Å². The molecule has 1 saturated heterocycles. The predicted molar refractivity (Wildman–Crippen MR) is 96.6 cm³/mol. The van der Waals surface area contributed by atoms with Crippen molar-refractivity contribution < 1.29 is 4.74 Å². The van der Waals surface area contributed by atoms with Crippen molar-refractivity contribution >= 4 is 0 Å². The second-order valence-corrected chi connectivity index (χ2v) is 7.99. The third-order valence-electron chi connectivity index (χ3n) is 5.90.